The Morgan fingerprint density at radius 2 is 2.29 bits per heavy atom. The van der Waals surface area contributed by atoms with Crippen molar-refractivity contribution in [1.82, 2.24) is 4.98 Å². The number of carbonyl (C=O) groups is 1. The Morgan fingerprint density at radius 3 is 2.94 bits per heavy atom. The number of hydrogen-bond acceptors (Lipinski definition) is 4. The van der Waals surface area contributed by atoms with Gasteiger partial charge in [-0.2, -0.15) is 0 Å². The Balaban J connectivity index is 2.11. The van der Waals surface area contributed by atoms with Crippen molar-refractivity contribution in [3.63, 3.8) is 0 Å². The molecule has 0 aliphatic heterocycles. The number of nitrogens with zero attached hydrogens (tertiary/aromatic N) is 1. The fraction of sp³-hybridized carbons (Fsp3) is 0.0909. The topological polar surface area (TPSA) is 63.3 Å². The standard InChI is InChI=1S/C11H8BrNO3S/c12-9-4-3-7(16-9)6-17-10-8(11(14)15)2-1-5-13-10/h1-5H,6H2,(H,14,15). The lowest BCUT2D eigenvalue weighted by atomic mass is 10.3. The number of halogens is 1. The van der Waals surface area contributed by atoms with Crippen LogP contribution in [-0.2, 0) is 5.75 Å². The lowest BCUT2D eigenvalue weighted by Gasteiger charge is -2.02. The van der Waals surface area contributed by atoms with Crippen molar-refractivity contribution in [3.05, 3.63) is 46.5 Å². The summed E-state index contributed by atoms with van der Waals surface area (Å²) >= 11 is 4.55. The molecule has 4 nitrogen and oxygen atoms in total. The molecule has 6 heteroatoms. The second-order valence-corrected chi connectivity index (χ2v) is 4.90. The Kier molecular flexibility index (Phi) is 3.86. The van der Waals surface area contributed by atoms with E-state index in [1.165, 1.54) is 17.8 Å². The van der Waals surface area contributed by atoms with Crippen molar-refractivity contribution in [2.45, 2.75) is 10.8 Å². The van der Waals surface area contributed by atoms with E-state index in [4.69, 9.17) is 9.52 Å². The number of carboxylic acids is 1. The van der Waals surface area contributed by atoms with Crippen LogP contribution >= 0.6 is 27.7 Å². The minimum absolute atomic E-state index is 0.211. The second kappa shape index (κ2) is 5.37. The molecule has 1 N–H and O–H groups in total. The van der Waals surface area contributed by atoms with Crippen molar-refractivity contribution in [3.8, 4) is 0 Å². The van der Waals surface area contributed by atoms with Gasteiger partial charge in [-0.05, 0) is 40.2 Å². The Labute approximate surface area is 110 Å². The molecule has 0 aromatic carbocycles. The Bertz CT molecular complexity index is 541. The molecule has 0 saturated heterocycles. The molecule has 17 heavy (non-hydrogen) atoms. The molecule has 0 bridgehead atoms. The van der Waals surface area contributed by atoms with E-state index < -0.39 is 5.97 Å². The molecule has 0 saturated carbocycles. The minimum Gasteiger partial charge on any atom is -0.478 e. The summed E-state index contributed by atoms with van der Waals surface area (Å²) in [6.07, 6.45) is 1.58. The molecule has 0 unspecified atom stereocenters. The molecule has 0 aliphatic carbocycles. The average Bonchev–Trinajstić information content (AvgIpc) is 2.73. The van der Waals surface area contributed by atoms with E-state index in [2.05, 4.69) is 20.9 Å². The zero-order valence-electron chi connectivity index (χ0n) is 8.59. The summed E-state index contributed by atoms with van der Waals surface area (Å²) in [4.78, 5) is 15.0. The van der Waals surface area contributed by atoms with Gasteiger partial charge in [-0.25, -0.2) is 9.78 Å². The summed E-state index contributed by atoms with van der Waals surface area (Å²) in [7, 11) is 0. The number of thioether (sulfide) groups is 1. The van der Waals surface area contributed by atoms with Crippen molar-refractivity contribution in [2.24, 2.45) is 0 Å². The highest BCUT2D eigenvalue weighted by molar-refractivity contribution is 9.10. The lowest BCUT2D eigenvalue weighted by molar-refractivity contribution is 0.0692. The van der Waals surface area contributed by atoms with Crippen LogP contribution in [0.3, 0.4) is 0 Å². The van der Waals surface area contributed by atoms with Gasteiger partial charge in [0.25, 0.3) is 0 Å². The van der Waals surface area contributed by atoms with Gasteiger partial charge in [0.05, 0.1) is 11.3 Å². The molecule has 88 valence electrons. The van der Waals surface area contributed by atoms with Crippen LogP contribution in [0.1, 0.15) is 16.1 Å². The predicted molar refractivity (Wildman–Crippen MR) is 67.2 cm³/mol. The van der Waals surface area contributed by atoms with Crippen molar-refractivity contribution in [2.75, 3.05) is 0 Å². The van der Waals surface area contributed by atoms with Crippen LogP contribution < -0.4 is 0 Å². The van der Waals surface area contributed by atoms with Crippen LogP contribution in [0.5, 0.6) is 0 Å². The third-order valence-corrected chi connectivity index (χ3v) is 3.44. The van der Waals surface area contributed by atoms with Gasteiger partial charge in [0.1, 0.15) is 10.8 Å². The van der Waals surface area contributed by atoms with E-state index in [0.717, 1.165) is 5.76 Å². The van der Waals surface area contributed by atoms with Gasteiger partial charge in [0.15, 0.2) is 4.67 Å². The summed E-state index contributed by atoms with van der Waals surface area (Å²) in [5.74, 6) is 0.341. The molecule has 0 radical (unpaired) electrons. The van der Waals surface area contributed by atoms with Crippen molar-refractivity contribution in [1.29, 1.82) is 0 Å². The summed E-state index contributed by atoms with van der Waals surface area (Å²) in [5.41, 5.74) is 0.211. The minimum atomic E-state index is -0.971. The van der Waals surface area contributed by atoms with E-state index in [-0.39, 0.29) is 5.56 Å². The zero-order valence-corrected chi connectivity index (χ0v) is 11.0. The quantitative estimate of drug-likeness (QED) is 0.876. The summed E-state index contributed by atoms with van der Waals surface area (Å²) in [6.45, 7) is 0. The maximum atomic E-state index is 11.0. The fourth-order valence-electron chi connectivity index (χ4n) is 1.24. The third kappa shape index (κ3) is 3.10. The maximum Gasteiger partial charge on any atom is 0.338 e. The zero-order chi connectivity index (χ0) is 12.3. The number of aromatic carboxylic acids is 1. The van der Waals surface area contributed by atoms with Gasteiger partial charge < -0.3 is 9.52 Å². The third-order valence-electron chi connectivity index (χ3n) is 1.98. The van der Waals surface area contributed by atoms with Crippen LogP contribution in [0.15, 0.2) is 44.6 Å². The fourth-order valence-corrected chi connectivity index (χ4v) is 2.46. The molecule has 0 spiro atoms. The van der Waals surface area contributed by atoms with Gasteiger partial charge in [-0.1, -0.05) is 11.8 Å². The Morgan fingerprint density at radius 1 is 1.47 bits per heavy atom. The highest BCUT2D eigenvalue weighted by Crippen LogP contribution is 2.26. The van der Waals surface area contributed by atoms with Crippen LogP contribution in [0, 0.1) is 0 Å². The molecule has 2 rings (SSSR count). The van der Waals surface area contributed by atoms with Crippen LogP contribution in [0.4, 0.5) is 0 Å². The van der Waals surface area contributed by atoms with Gasteiger partial charge in [0.2, 0.25) is 0 Å². The number of aromatic nitrogens is 1. The molecule has 0 atom stereocenters. The van der Waals surface area contributed by atoms with E-state index in [1.54, 1.807) is 18.3 Å². The van der Waals surface area contributed by atoms with E-state index >= 15 is 0 Å². The first kappa shape index (κ1) is 12.2. The summed E-state index contributed by atoms with van der Waals surface area (Å²) in [5, 5.41) is 9.48. The number of furan rings is 1. The van der Waals surface area contributed by atoms with Gasteiger partial charge in [-0.15, -0.1) is 0 Å². The molecule has 2 aromatic heterocycles. The van der Waals surface area contributed by atoms with Crippen LogP contribution in [0.25, 0.3) is 0 Å². The summed E-state index contributed by atoms with van der Waals surface area (Å²) in [6, 6.07) is 6.78. The van der Waals surface area contributed by atoms with Crippen molar-refractivity contribution < 1.29 is 14.3 Å². The number of rotatable bonds is 4. The van der Waals surface area contributed by atoms with Gasteiger partial charge in [-0.3, -0.25) is 0 Å². The molecule has 0 fully saturated rings. The van der Waals surface area contributed by atoms with E-state index in [0.29, 0.717) is 15.4 Å². The Hall–Kier alpha value is -1.27. The largest absolute Gasteiger partial charge is 0.478 e. The van der Waals surface area contributed by atoms with Crippen molar-refractivity contribution >= 4 is 33.7 Å². The SMILES string of the molecule is O=C(O)c1cccnc1SCc1ccc(Br)o1. The monoisotopic (exact) mass is 313 g/mol. The van der Waals surface area contributed by atoms with E-state index in [9.17, 15) is 4.79 Å². The van der Waals surface area contributed by atoms with Gasteiger partial charge in [0, 0.05) is 6.20 Å². The molecular weight excluding hydrogens is 306 g/mol. The highest BCUT2D eigenvalue weighted by Gasteiger charge is 2.11. The molecule has 0 amide bonds. The highest BCUT2D eigenvalue weighted by atomic mass is 79.9. The number of pyridine rings is 1. The first-order chi connectivity index (χ1) is 8.16. The number of carboxylic acid groups (broad SMARTS) is 1. The lowest BCUT2D eigenvalue weighted by Crippen LogP contribution is -2.00. The molecular formula is C11H8BrNO3S. The normalized spacial score (nSPS) is 10.4. The second-order valence-electron chi connectivity index (χ2n) is 3.16. The average molecular weight is 314 g/mol. The van der Waals surface area contributed by atoms with E-state index in [1.807, 2.05) is 6.07 Å². The smallest absolute Gasteiger partial charge is 0.338 e. The maximum absolute atomic E-state index is 11.0. The molecule has 0 aliphatic rings. The molecule has 2 heterocycles. The summed E-state index contributed by atoms with van der Waals surface area (Å²) < 4.78 is 5.99. The number of hydrogen-bond donors (Lipinski definition) is 1. The predicted octanol–water partition coefficient (Wildman–Crippen LogP) is 3.43. The van der Waals surface area contributed by atoms with Crippen LogP contribution in [0.2, 0.25) is 0 Å². The first-order valence-corrected chi connectivity index (χ1v) is 6.50. The van der Waals surface area contributed by atoms with Gasteiger partial charge >= 0.3 is 5.97 Å². The first-order valence-electron chi connectivity index (χ1n) is 4.72. The molecule has 2 aromatic rings. The van der Waals surface area contributed by atoms with Crippen LogP contribution in [-0.4, -0.2) is 16.1 Å².